The molecule has 6 nitrogen and oxygen atoms in total. The summed E-state index contributed by atoms with van der Waals surface area (Å²) < 4.78 is 7.21. The Balaban J connectivity index is 1.38. The van der Waals surface area contributed by atoms with Crippen molar-refractivity contribution in [1.82, 2.24) is 14.7 Å². The molecule has 0 spiro atoms. The predicted octanol–water partition coefficient (Wildman–Crippen LogP) is 3.01. The highest BCUT2D eigenvalue weighted by molar-refractivity contribution is 7.15. The Hall–Kier alpha value is -2.67. The normalized spacial score (nSPS) is 14.6. The van der Waals surface area contributed by atoms with Crippen LogP contribution in [0.5, 0.6) is 5.75 Å². The Morgan fingerprint density at radius 2 is 2.04 bits per heavy atom. The molecular formula is C19H19N3O3S. The monoisotopic (exact) mass is 369 g/mol. The fraction of sp³-hybridized carbons (Fsp3) is 0.316. The number of nitrogens with zero attached hydrogens (tertiary/aromatic N) is 2. The predicted molar refractivity (Wildman–Crippen MR) is 99.8 cm³/mol. The molecule has 26 heavy (non-hydrogen) atoms. The molecule has 134 valence electrons. The average molecular weight is 369 g/mol. The lowest BCUT2D eigenvalue weighted by atomic mass is 10.1. The Morgan fingerprint density at radius 1 is 1.27 bits per heavy atom. The summed E-state index contributed by atoms with van der Waals surface area (Å²) in [6.07, 6.45) is 6.21. The van der Waals surface area contributed by atoms with E-state index in [9.17, 15) is 9.59 Å². The minimum Gasteiger partial charge on any atom is -0.487 e. The molecule has 2 heterocycles. The van der Waals surface area contributed by atoms with E-state index in [2.05, 4.69) is 10.3 Å². The molecule has 0 radical (unpaired) electrons. The Labute approximate surface area is 154 Å². The number of fused-ring (bicyclic) bond motifs is 1. The van der Waals surface area contributed by atoms with Crippen molar-refractivity contribution >= 4 is 22.2 Å². The van der Waals surface area contributed by atoms with E-state index in [0.29, 0.717) is 28.0 Å². The Morgan fingerprint density at radius 3 is 2.81 bits per heavy atom. The third-order valence-electron chi connectivity index (χ3n) is 4.55. The van der Waals surface area contributed by atoms with Crippen LogP contribution in [-0.2, 0) is 6.61 Å². The minimum absolute atomic E-state index is 0.0405. The fourth-order valence-corrected chi connectivity index (χ4v) is 3.90. The van der Waals surface area contributed by atoms with Gasteiger partial charge in [-0.05, 0) is 37.1 Å². The number of hydrogen-bond acceptors (Lipinski definition) is 5. The summed E-state index contributed by atoms with van der Waals surface area (Å²) in [5, 5.41) is 4.89. The zero-order chi connectivity index (χ0) is 17.9. The first-order valence-corrected chi connectivity index (χ1v) is 9.56. The van der Waals surface area contributed by atoms with Crippen molar-refractivity contribution in [2.24, 2.45) is 0 Å². The highest BCUT2D eigenvalue weighted by Gasteiger charge is 2.17. The van der Waals surface area contributed by atoms with Crippen LogP contribution in [0.1, 0.15) is 41.7 Å². The number of nitrogens with one attached hydrogen (secondary N) is 1. The molecule has 3 aromatic rings. The van der Waals surface area contributed by atoms with Gasteiger partial charge < -0.3 is 10.1 Å². The molecule has 0 unspecified atom stereocenters. The number of benzene rings is 1. The minimum atomic E-state index is -0.117. The first kappa shape index (κ1) is 16.8. The van der Waals surface area contributed by atoms with Gasteiger partial charge in [0.1, 0.15) is 12.4 Å². The van der Waals surface area contributed by atoms with Gasteiger partial charge in [-0.15, -0.1) is 11.3 Å². The summed E-state index contributed by atoms with van der Waals surface area (Å²) >= 11 is 1.41. The van der Waals surface area contributed by atoms with Crippen molar-refractivity contribution in [3.63, 3.8) is 0 Å². The van der Waals surface area contributed by atoms with Gasteiger partial charge in [0, 0.05) is 29.2 Å². The molecule has 0 aliphatic heterocycles. The molecule has 1 aliphatic rings. The molecule has 1 aliphatic carbocycles. The second-order valence-electron chi connectivity index (χ2n) is 6.41. The Bertz CT molecular complexity index is 972. The van der Waals surface area contributed by atoms with Gasteiger partial charge in [-0.3, -0.25) is 14.0 Å². The van der Waals surface area contributed by atoms with E-state index in [4.69, 9.17) is 4.74 Å². The van der Waals surface area contributed by atoms with Crippen LogP contribution in [0.15, 0.2) is 46.7 Å². The quantitative estimate of drug-likeness (QED) is 0.750. The van der Waals surface area contributed by atoms with Crippen LogP contribution in [0.4, 0.5) is 0 Å². The number of carbonyl (C=O) groups excluding carboxylic acids is 1. The first-order valence-electron chi connectivity index (χ1n) is 8.68. The molecule has 1 saturated carbocycles. The van der Waals surface area contributed by atoms with E-state index >= 15 is 0 Å². The van der Waals surface area contributed by atoms with Crippen LogP contribution >= 0.6 is 11.3 Å². The number of aromatic nitrogens is 2. The van der Waals surface area contributed by atoms with Gasteiger partial charge in [0.2, 0.25) is 0 Å². The van der Waals surface area contributed by atoms with Crippen LogP contribution < -0.4 is 15.6 Å². The van der Waals surface area contributed by atoms with Gasteiger partial charge in [-0.25, -0.2) is 4.98 Å². The summed E-state index contributed by atoms with van der Waals surface area (Å²) in [6.45, 7) is 0.206. The van der Waals surface area contributed by atoms with E-state index in [0.717, 1.165) is 12.8 Å². The summed E-state index contributed by atoms with van der Waals surface area (Å²) in [5.74, 6) is 0.594. The molecule has 0 atom stereocenters. The number of rotatable bonds is 5. The number of carbonyl (C=O) groups is 1. The largest absolute Gasteiger partial charge is 0.487 e. The SMILES string of the molecule is O=C(NC1CCCC1)c1ccc(OCc2cc(=O)n3ccsc3n2)cc1. The van der Waals surface area contributed by atoms with Crippen molar-refractivity contribution in [1.29, 1.82) is 0 Å². The van der Waals surface area contributed by atoms with E-state index in [1.165, 1.54) is 34.6 Å². The van der Waals surface area contributed by atoms with Crippen molar-refractivity contribution in [2.75, 3.05) is 0 Å². The second-order valence-corrected chi connectivity index (χ2v) is 7.28. The summed E-state index contributed by atoms with van der Waals surface area (Å²) in [6, 6.07) is 8.81. The molecule has 1 fully saturated rings. The summed E-state index contributed by atoms with van der Waals surface area (Å²) in [4.78, 5) is 29.2. The number of amides is 1. The first-order chi connectivity index (χ1) is 12.7. The summed E-state index contributed by atoms with van der Waals surface area (Å²) in [5.41, 5.74) is 1.09. The molecule has 4 rings (SSSR count). The molecule has 0 bridgehead atoms. The zero-order valence-electron chi connectivity index (χ0n) is 14.2. The standard InChI is InChI=1S/C19H19N3O3S/c23-17-11-15(21-19-22(17)9-10-26-19)12-25-16-7-5-13(6-8-16)18(24)20-14-3-1-2-4-14/h5-11,14H,1-4,12H2,(H,20,24). The smallest absolute Gasteiger partial charge is 0.258 e. The number of ether oxygens (including phenoxy) is 1. The third-order valence-corrected chi connectivity index (χ3v) is 5.31. The lowest BCUT2D eigenvalue weighted by molar-refractivity contribution is 0.0938. The lowest BCUT2D eigenvalue weighted by Crippen LogP contribution is -2.32. The number of hydrogen-bond donors (Lipinski definition) is 1. The molecule has 0 saturated heterocycles. The third kappa shape index (κ3) is 3.62. The van der Waals surface area contributed by atoms with Gasteiger partial charge >= 0.3 is 0 Å². The molecule has 7 heteroatoms. The Kier molecular flexibility index (Phi) is 4.71. The fourth-order valence-electron chi connectivity index (χ4n) is 3.16. The highest BCUT2D eigenvalue weighted by Crippen LogP contribution is 2.19. The van der Waals surface area contributed by atoms with E-state index in [-0.39, 0.29) is 18.1 Å². The van der Waals surface area contributed by atoms with Crippen LogP contribution in [0.25, 0.3) is 4.96 Å². The molecule has 1 aromatic carbocycles. The maximum absolute atomic E-state index is 12.2. The van der Waals surface area contributed by atoms with Crippen LogP contribution in [0, 0.1) is 0 Å². The molecule has 2 aromatic heterocycles. The van der Waals surface area contributed by atoms with Crippen molar-refractivity contribution in [2.45, 2.75) is 38.3 Å². The maximum atomic E-state index is 12.2. The molecular weight excluding hydrogens is 350 g/mol. The lowest BCUT2D eigenvalue weighted by Gasteiger charge is -2.12. The van der Waals surface area contributed by atoms with Gasteiger partial charge in [0.25, 0.3) is 11.5 Å². The maximum Gasteiger partial charge on any atom is 0.258 e. The van der Waals surface area contributed by atoms with Gasteiger partial charge in [-0.2, -0.15) is 0 Å². The van der Waals surface area contributed by atoms with Gasteiger partial charge in [0.15, 0.2) is 4.96 Å². The van der Waals surface area contributed by atoms with Gasteiger partial charge in [0.05, 0.1) is 5.69 Å². The highest BCUT2D eigenvalue weighted by atomic mass is 32.1. The zero-order valence-corrected chi connectivity index (χ0v) is 15.0. The molecule has 1 N–H and O–H groups in total. The topological polar surface area (TPSA) is 72.7 Å². The van der Waals surface area contributed by atoms with E-state index < -0.39 is 0 Å². The molecule has 1 amide bonds. The van der Waals surface area contributed by atoms with Crippen LogP contribution in [-0.4, -0.2) is 21.3 Å². The van der Waals surface area contributed by atoms with Crippen LogP contribution in [0.3, 0.4) is 0 Å². The number of thiazole rings is 1. The van der Waals surface area contributed by atoms with E-state index in [1.54, 1.807) is 30.5 Å². The average Bonchev–Trinajstić information content (AvgIpc) is 3.32. The van der Waals surface area contributed by atoms with Crippen molar-refractivity contribution < 1.29 is 9.53 Å². The van der Waals surface area contributed by atoms with Crippen molar-refractivity contribution in [3.05, 3.63) is 63.5 Å². The van der Waals surface area contributed by atoms with Gasteiger partial charge in [-0.1, -0.05) is 12.8 Å². The van der Waals surface area contributed by atoms with E-state index in [1.807, 2.05) is 5.38 Å². The summed E-state index contributed by atoms with van der Waals surface area (Å²) in [7, 11) is 0. The van der Waals surface area contributed by atoms with Crippen molar-refractivity contribution in [3.8, 4) is 5.75 Å². The van der Waals surface area contributed by atoms with Crippen LogP contribution in [0.2, 0.25) is 0 Å². The second kappa shape index (κ2) is 7.29.